The molecule has 0 aliphatic carbocycles. The quantitative estimate of drug-likeness (QED) is 0.495. The maximum absolute atomic E-state index is 11.0. The highest BCUT2D eigenvalue weighted by Gasteiger charge is 2.30. The number of carboxylic acid groups (broad SMARTS) is 1. The lowest BCUT2D eigenvalue weighted by atomic mass is 9.91. The SMILES string of the molecule is CC1(N)CCN(C(=O)C(=O)O)CC1. The van der Waals surface area contributed by atoms with Crippen molar-refractivity contribution >= 4 is 11.9 Å². The maximum atomic E-state index is 11.0. The van der Waals surface area contributed by atoms with Crippen molar-refractivity contribution in [1.29, 1.82) is 0 Å². The Kier molecular flexibility index (Phi) is 2.56. The van der Waals surface area contributed by atoms with Gasteiger partial charge >= 0.3 is 11.9 Å². The van der Waals surface area contributed by atoms with Gasteiger partial charge in [0.15, 0.2) is 0 Å². The molecular formula is C8H14N2O3. The van der Waals surface area contributed by atoms with E-state index in [2.05, 4.69) is 0 Å². The molecule has 1 rings (SSSR count). The lowest BCUT2D eigenvalue weighted by Crippen LogP contribution is -2.51. The number of amides is 1. The van der Waals surface area contributed by atoms with E-state index in [4.69, 9.17) is 10.8 Å². The standard InChI is InChI=1S/C8H14N2O3/c1-8(9)2-4-10(5-3-8)6(11)7(12)13/h2-5,9H2,1H3,(H,12,13). The highest BCUT2D eigenvalue weighted by Crippen LogP contribution is 2.18. The maximum Gasteiger partial charge on any atom is 0.394 e. The van der Waals surface area contributed by atoms with E-state index in [1.807, 2.05) is 6.92 Å². The molecule has 1 fully saturated rings. The molecule has 13 heavy (non-hydrogen) atoms. The number of aliphatic carboxylic acids is 1. The summed E-state index contributed by atoms with van der Waals surface area (Å²) in [6.45, 7) is 2.80. The highest BCUT2D eigenvalue weighted by molar-refractivity contribution is 6.31. The summed E-state index contributed by atoms with van der Waals surface area (Å²) in [4.78, 5) is 22.7. The summed E-state index contributed by atoms with van der Waals surface area (Å²) < 4.78 is 0. The zero-order chi connectivity index (χ0) is 10.1. The van der Waals surface area contributed by atoms with Crippen molar-refractivity contribution in [2.75, 3.05) is 13.1 Å². The van der Waals surface area contributed by atoms with Crippen LogP contribution in [0.25, 0.3) is 0 Å². The Balaban J connectivity index is 2.50. The first-order valence-electron chi connectivity index (χ1n) is 4.23. The molecule has 5 nitrogen and oxygen atoms in total. The van der Waals surface area contributed by atoms with Crippen LogP contribution in [0.3, 0.4) is 0 Å². The van der Waals surface area contributed by atoms with Crippen LogP contribution in [0.2, 0.25) is 0 Å². The van der Waals surface area contributed by atoms with Gasteiger partial charge in [-0.15, -0.1) is 0 Å². The number of hydrogen-bond acceptors (Lipinski definition) is 3. The van der Waals surface area contributed by atoms with E-state index in [0.29, 0.717) is 25.9 Å². The molecular weight excluding hydrogens is 172 g/mol. The molecule has 1 aliphatic heterocycles. The number of rotatable bonds is 0. The van der Waals surface area contributed by atoms with E-state index in [0.717, 1.165) is 0 Å². The predicted octanol–water partition coefficient (Wildman–Crippen LogP) is -0.589. The Morgan fingerprint density at radius 1 is 1.38 bits per heavy atom. The van der Waals surface area contributed by atoms with Gasteiger partial charge in [-0.2, -0.15) is 0 Å². The third-order valence-corrected chi connectivity index (χ3v) is 2.38. The normalized spacial score (nSPS) is 21.2. The number of nitrogens with zero attached hydrogens (tertiary/aromatic N) is 1. The number of hydrogen-bond donors (Lipinski definition) is 2. The van der Waals surface area contributed by atoms with E-state index in [-0.39, 0.29) is 5.54 Å². The van der Waals surface area contributed by atoms with Crippen molar-refractivity contribution in [3.63, 3.8) is 0 Å². The third-order valence-electron chi connectivity index (χ3n) is 2.38. The first-order chi connectivity index (χ1) is 5.92. The number of piperidine rings is 1. The summed E-state index contributed by atoms with van der Waals surface area (Å²) in [5.74, 6) is -2.21. The molecule has 74 valence electrons. The molecule has 0 atom stereocenters. The van der Waals surface area contributed by atoms with E-state index in [1.165, 1.54) is 4.90 Å². The zero-order valence-electron chi connectivity index (χ0n) is 7.62. The summed E-state index contributed by atoms with van der Waals surface area (Å²) in [5, 5.41) is 8.44. The highest BCUT2D eigenvalue weighted by atomic mass is 16.4. The minimum absolute atomic E-state index is 0.255. The Morgan fingerprint density at radius 2 is 1.85 bits per heavy atom. The molecule has 0 saturated carbocycles. The molecule has 3 N–H and O–H groups in total. The van der Waals surface area contributed by atoms with Crippen LogP contribution < -0.4 is 5.73 Å². The van der Waals surface area contributed by atoms with Gasteiger partial charge in [-0.25, -0.2) is 4.79 Å². The van der Waals surface area contributed by atoms with Crippen LogP contribution in [0.15, 0.2) is 0 Å². The van der Waals surface area contributed by atoms with Gasteiger partial charge in [0.2, 0.25) is 0 Å². The average Bonchev–Trinajstić information content (AvgIpc) is 2.03. The number of carbonyl (C=O) groups excluding carboxylic acids is 1. The number of nitrogens with two attached hydrogens (primary N) is 1. The molecule has 0 bridgehead atoms. The first-order valence-corrected chi connectivity index (χ1v) is 4.23. The largest absolute Gasteiger partial charge is 0.474 e. The van der Waals surface area contributed by atoms with Crippen LogP contribution in [-0.4, -0.2) is 40.5 Å². The lowest BCUT2D eigenvalue weighted by molar-refractivity contribution is -0.156. The second-order valence-corrected chi connectivity index (χ2v) is 3.75. The molecule has 1 amide bonds. The van der Waals surface area contributed by atoms with E-state index >= 15 is 0 Å². The van der Waals surface area contributed by atoms with Crippen LogP contribution in [0.5, 0.6) is 0 Å². The minimum Gasteiger partial charge on any atom is -0.474 e. The molecule has 1 saturated heterocycles. The van der Waals surface area contributed by atoms with Crippen LogP contribution in [0.1, 0.15) is 19.8 Å². The molecule has 1 heterocycles. The first kappa shape index (κ1) is 9.98. The Morgan fingerprint density at radius 3 is 2.23 bits per heavy atom. The molecule has 0 aromatic heterocycles. The second kappa shape index (κ2) is 3.33. The fourth-order valence-electron chi connectivity index (χ4n) is 1.36. The van der Waals surface area contributed by atoms with Crippen molar-refractivity contribution in [3.8, 4) is 0 Å². The van der Waals surface area contributed by atoms with Gasteiger partial charge in [0.25, 0.3) is 0 Å². The summed E-state index contributed by atoms with van der Waals surface area (Å²) in [5.41, 5.74) is 5.58. The number of carboxylic acids is 1. The van der Waals surface area contributed by atoms with E-state index in [9.17, 15) is 9.59 Å². The average molecular weight is 186 g/mol. The third kappa shape index (κ3) is 2.42. The molecule has 1 aliphatic rings. The van der Waals surface area contributed by atoms with Gasteiger partial charge in [-0.05, 0) is 19.8 Å². The van der Waals surface area contributed by atoms with E-state index < -0.39 is 11.9 Å². The molecule has 0 aromatic rings. The van der Waals surface area contributed by atoms with Crippen LogP contribution >= 0.6 is 0 Å². The minimum atomic E-state index is -1.39. The fourth-order valence-corrected chi connectivity index (χ4v) is 1.36. The monoisotopic (exact) mass is 186 g/mol. The van der Waals surface area contributed by atoms with Crippen LogP contribution in [0.4, 0.5) is 0 Å². The predicted molar refractivity (Wildman–Crippen MR) is 46.0 cm³/mol. The summed E-state index contributed by atoms with van der Waals surface area (Å²) in [6.07, 6.45) is 1.32. The van der Waals surface area contributed by atoms with Gasteiger partial charge in [-0.3, -0.25) is 4.79 Å². The summed E-state index contributed by atoms with van der Waals surface area (Å²) >= 11 is 0. The molecule has 0 aromatic carbocycles. The van der Waals surface area contributed by atoms with Crippen molar-refractivity contribution < 1.29 is 14.7 Å². The topological polar surface area (TPSA) is 83.6 Å². The Bertz CT molecular complexity index is 228. The molecule has 0 unspecified atom stereocenters. The summed E-state index contributed by atoms with van der Waals surface area (Å²) in [7, 11) is 0. The van der Waals surface area contributed by atoms with Gasteiger partial charge in [0, 0.05) is 18.6 Å². The van der Waals surface area contributed by atoms with Gasteiger partial charge in [-0.1, -0.05) is 0 Å². The number of likely N-dealkylation sites (tertiary alicyclic amines) is 1. The summed E-state index contributed by atoms with van der Waals surface area (Å²) in [6, 6.07) is 0. The smallest absolute Gasteiger partial charge is 0.394 e. The van der Waals surface area contributed by atoms with Crippen molar-refractivity contribution in [2.24, 2.45) is 5.73 Å². The fraction of sp³-hybridized carbons (Fsp3) is 0.750. The van der Waals surface area contributed by atoms with Gasteiger partial charge < -0.3 is 15.7 Å². The lowest BCUT2D eigenvalue weighted by Gasteiger charge is -2.35. The van der Waals surface area contributed by atoms with Gasteiger partial charge in [0.1, 0.15) is 0 Å². The van der Waals surface area contributed by atoms with Crippen molar-refractivity contribution in [1.82, 2.24) is 4.90 Å². The van der Waals surface area contributed by atoms with Crippen LogP contribution in [-0.2, 0) is 9.59 Å². The Hall–Kier alpha value is -1.10. The van der Waals surface area contributed by atoms with Crippen LogP contribution in [0, 0.1) is 0 Å². The van der Waals surface area contributed by atoms with Crippen molar-refractivity contribution in [2.45, 2.75) is 25.3 Å². The second-order valence-electron chi connectivity index (χ2n) is 3.75. The van der Waals surface area contributed by atoms with Gasteiger partial charge in [0.05, 0.1) is 0 Å². The van der Waals surface area contributed by atoms with E-state index in [1.54, 1.807) is 0 Å². The zero-order valence-corrected chi connectivity index (χ0v) is 7.62. The van der Waals surface area contributed by atoms with Crippen molar-refractivity contribution in [3.05, 3.63) is 0 Å². The number of carbonyl (C=O) groups is 2. The Labute approximate surface area is 76.5 Å². The molecule has 0 radical (unpaired) electrons. The molecule has 0 spiro atoms. The molecule has 5 heteroatoms.